The van der Waals surface area contributed by atoms with Crippen molar-refractivity contribution in [3.63, 3.8) is 0 Å². The van der Waals surface area contributed by atoms with Crippen LogP contribution in [-0.2, 0) is 19.1 Å². The highest BCUT2D eigenvalue weighted by Crippen LogP contribution is 2.66. The summed E-state index contributed by atoms with van der Waals surface area (Å²) in [5, 5.41) is 0. The van der Waals surface area contributed by atoms with Crippen LogP contribution >= 0.6 is 0 Å². The number of Topliss-reactive ketones (excluding diaryl/α,β-unsaturated/α-hetero) is 2. The quantitative estimate of drug-likeness (QED) is 0.680. The predicted molar refractivity (Wildman–Crippen MR) is 102 cm³/mol. The number of ketones is 2. The van der Waals surface area contributed by atoms with Crippen LogP contribution in [0, 0.1) is 46.3 Å². The molecule has 0 heterocycles. The molecule has 0 radical (unpaired) electrons. The van der Waals surface area contributed by atoms with Crippen molar-refractivity contribution >= 4 is 17.5 Å². The van der Waals surface area contributed by atoms with Gasteiger partial charge in [0.05, 0.1) is 13.0 Å². The van der Waals surface area contributed by atoms with Crippen LogP contribution in [0.5, 0.6) is 0 Å². The minimum Gasteiger partial charge on any atom is -0.469 e. The van der Waals surface area contributed by atoms with Crippen LogP contribution < -0.4 is 0 Å². The van der Waals surface area contributed by atoms with Gasteiger partial charge in [0, 0.05) is 24.7 Å². The van der Waals surface area contributed by atoms with Gasteiger partial charge in [0.2, 0.25) is 0 Å². The van der Waals surface area contributed by atoms with Crippen molar-refractivity contribution in [1.29, 1.82) is 0 Å². The van der Waals surface area contributed by atoms with Crippen LogP contribution in [0.4, 0.5) is 0 Å². The van der Waals surface area contributed by atoms with Gasteiger partial charge in [0.1, 0.15) is 11.6 Å². The molecule has 27 heavy (non-hydrogen) atoms. The normalized spacial score (nSPS) is 47.6. The van der Waals surface area contributed by atoms with E-state index < -0.39 is 0 Å². The molecule has 4 aliphatic carbocycles. The maximum absolute atomic E-state index is 13.5. The van der Waals surface area contributed by atoms with Gasteiger partial charge < -0.3 is 4.74 Å². The first-order valence-electron chi connectivity index (χ1n) is 10.9. The van der Waals surface area contributed by atoms with E-state index in [1.165, 1.54) is 7.11 Å². The SMILES string of the molecule is COC(=O)[C@@H](C)[C@H]1CC[C@H]2[C@@H]3CC[C@H]4CC(=O)CC[C@]4(C)[C@H]3CC(=O)[C@]12C. The number of fused-ring (bicyclic) bond motifs is 5. The first-order valence-corrected chi connectivity index (χ1v) is 10.9. The Kier molecular flexibility index (Phi) is 4.55. The van der Waals surface area contributed by atoms with Gasteiger partial charge >= 0.3 is 5.97 Å². The zero-order valence-corrected chi connectivity index (χ0v) is 17.3. The lowest BCUT2D eigenvalue weighted by atomic mass is 9.44. The molecule has 4 fully saturated rings. The largest absolute Gasteiger partial charge is 0.469 e. The molecule has 4 nitrogen and oxygen atoms in total. The van der Waals surface area contributed by atoms with Gasteiger partial charge in [0.15, 0.2) is 0 Å². The van der Waals surface area contributed by atoms with Crippen LogP contribution in [0.25, 0.3) is 0 Å². The second-order valence-corrected chi connectivity index (χ2v) is 10.3. The number of hydrogen-bond acceptors (Lipinski definition) is 4. The standard InChI is InChI=1S/C23H34O4/c1-13(21(26)27-4)17-7-8-18-16-6-5-14-11-15(24)9-10-22(14,2)19(16)12-20(25)23(17,18)3/h13-14,16-19H,5-12H2,1-4H3/t13-,14-,16-,17+,18-,19-,22-,23+/m0/s1. The first-order chi connectivity index (χ1) is 12.7. The summed E-state index contributed by atoms with van der Waals surface area (Å²) in [6, 6.07) is 0. The van der Waals surface area contributed by atoms with E-state index >= 15 is 0 Å². The van der Waals surface area contributed by atoms with Gasteiger partial charge in [-0.25, -0.2) is 0 Å². The van der Waals surface area contributed by atoms with Gasteiger partial charge in [0.25, 0.3) is 0 Å². The van der Waals surface area contributed by atoms with Gasteiger partial charge in [-0.1, -0.05) is 20.8 Å². The van der Waals surface area contributed by atoms with E-state index in [0.717, 1.165) is 38.5 Å². The van der Waals surface area contributed by atoms with Crippen LogP contribution in [0.1, 0.15) is 72.1 Å². The fraction of sp³-hybridized carbons (Fsp3) is 0.870. The van der Waals surface area contributed by atoms with E-state index in [9.17, 15) is 14.4 Å². The molecule has 4 aliphatic rings. The van der Waals surface area contributed by atoms with Gasteiger partial charge in [-0.2, -0.15) is 0 Å². The molecule has 4 rings (SSSR count). The first kappa shape index (κ1) is 19.1. The van der Waals surface area contributed by atoms with Crippen molar-refractivity contribution in [3.8, 4) is 0 Å². The Morgan fingerprint density at radius 2 is 1.81 bits per heavy atom. The van der Waals surface area contributed by atoms with Crippen molar-refractivity contribution in [2.24, 2.45) is 46.3 Å². The van der Waals surface area contributed by atoms with E-state index in [0.29, 0.717) is 48.1 Å². The van der Waals surface area contributed by atoms with E-state index in [2.05, 4.69) is 13.8 Å². The lowest BCUT2D eigenvalue weighted by molar-refractivity contribution is -0.162. The Labute approximate surface area is 162 Å². The number of carbonyl (C=O) groups excluding carboxylic acids is 3. The van der Waals surface area contributed by atoms with Crippen molar-refractivity contribution < 1.29 is 19.1 Å². The summed E-state index contributed by atoms with van der Waals surface area (Å²) in [7, 11) is 1.44. The van der Waals surface area contributed by atoms with Crippen molar-refractivity contribution in [2.75, 3.05) is 7.11 Å². The summed E-state index contributed by atoms with van der Waals surface area (Å²) < 4.78 is 5.01. The summed E-state index contributed by atoms with van der Waals surface area (Å²) in [6.07, 6.45) is 7.28. The summed E-state index contributed by atoms with van der Waals surface area (Å²) >= 11 is 0. The topological polar surface area (TPSA) is 60.4 Å². The smallest absolute Gasteiger partial charge is 0.308 e. The van der Waals surface area contributed by atoms with Crippen molar-refractivity contribution in [1.82, 2.24) is 0 Å². The maximum atomic E-state index is 13.5. The van der Waals surface area contributed by atoms with Crippen LogP contribution in [-0.4, -0.2) is 24.6 Å². The zero-order chi connectivity index (χ0) is 19.6. The molecular weight excluding hydrogens is 340 g/mol. The van der Waals surface area contributed by atoms with E-state index in [1.807, 2.05) is 6.92 Å². The van der Waals surface area contributed by atoms with E-state index in [-0.39, 0.29) is 28.6 Å². The number of methoxy groups -OCH3 is 1. The predicted octanol–water partition coefficient (Wildman–Crippen LogP) is 4.20. The third-order valence-corrected chi connectivity index (χ3v) is 9.59. The molecule has 4 saturated carbocycles. The molecule has 0 unspecified atom stereocenters. The lowest BCUT2D eigenvalue weighted by Gasteiger charge is -2.59. The van der Waals surface area contributed by atoms with Crippen molar-refractivity contribution in [3.05, 3.63) is 0 Å². The Hall–Kier alpha value is -1.19. The maximum Gasteiger partial charge on any atom is 0.308 e. The second-order valence-electron chi connectivity index (χ2n) is 10.3. The highest BCUT2D eigenvalue weighted by molar-refractivity contribution is 5.88. The highest BCUT2D eigenvalue weighted by Gasteiger charge is 2.64. The fourth-order valence-electron chi connectivity index (χ4n) is 7.94. The highest BCUT2D eigenvalue weighted by atomic mass is 16.5. The van der Waals surface area contributed by atoms with Gasteiger partial charge in [-0.3, -0.25) is 14.4 Å². The van der Waals surface area contributed by atoms with Gasteiger partial charge in [-0.15, -0.1) is 0 Å². The lowest BCUT2D eigenvalue weighted by Crippen LogP contribution is -2.57. The summed E-state index contributed by atoms with van der Waals surface area (Å²) in [4.78, 5) is 37.8. The summed E-state index contributed by atoms with van der Waals surface area (Å²) in [5.74, 6) is 2.31. The molecule has 0 saturated heterocycles. The average molecular weight is 375 g/mol. The number of carbonyl (C=O) groups is 3. The molecule has 4 heteroatoms. The molecule has 0 spiro atoms. The molecule has 0 aromatic rings. The van der Waals surface area contributed by atoms with E-state index in [1.54, 1.807) is 0 Å². The molecule has 0 amide bonds. The minimum atomic E-state index is -0.386. The molecule has 0 N–H and O–H groups in total. The molecule has 8 atom stereocenters. The molecule has 0 bridgehead atoms. The number of esters is 1. The minimum absolute atomic E-state index is 0.0989. The Morgan fingerprint density at radius 3 is 2.52 bits per heavy atom. The zero-order valence-electron chi connectivity index (χ0n) is 17.3. The summed E-state index contributed by atoms with van der Waals surface area (Å²) in [6.45, 7) is 6.45. The molecular formula is C23H34O4. The molecule has 0 aliphatic heterocycles. The van der Waals surface area contributed by atoms with Crippen LogP contribution in [0.2, 0.25) is 0 Å². The Balaban J connectivity index is 1.64. The molecule has 150 valence electrons. The van der Waals surface area contributed by atoms with E-state index in [4.69, 9.17) is 4.74 Å². The van der Waals surface area contributed by atoms with Crippen LogP contribution in [0.3, 0.4) is 0 Å². The Morgan fingerprint density at radius 1 is 1.07 bits per heavy atom. The number of hydrogen-bond donors (Lipinski definition) is 0. The summed E-state index contributed by atoms with van der Waals surface area (Å²) in [5.41, 5.74) is -0.248. The number of ether oxygens (including phenoxy) is 1. The molecule has 0 aromatic carbocycles. The third-order valence-electron chi connectivity index (χ3n) is 9.59. The average Bonchev–Trinajstić information content (AvgIpc) is 3.01. The Bertz CT molecular complexity index is 669. The third kappa shape index (κ3) is 2.57. The fourth-order valence-corrected chi connectivity index (χ4v) is 7.94. The van der Waals surface area contributed by atoms with Crippen LogP contribution in [0.15, 0.2) is 0 Å². The monoisotopic (exact) mass is 374 g/mol. The number of rotatable bonds is 2. The van der Waals surface area contributed by atoms with Gasteiger partial charge in [-0.05, 0) is 67.1 Å². The second kappa shape index (κ2) is 6.42. The van der Waals surface area contributed by atoms with Crippen molar-refractivity contribution in [2.45, 2.75) is 72.1 Å². The molecule has 0 aromatic heterocycles.